The Morgan fingerprint density at radius 2 is 1.97 bits per heavy atom. The lowest BCUT2D eigenvalue weighted by atomic mass is 10.0. The number of carboxylic acid groups (broad SMARTS) is 1. The van der Waals surface area contributed by atoms with Gasteiger partial charge in [0.25, 0.3) is 5.91 Å². The van der Waals surface area contributed by atoms with Crippen molar-refractivity contribution in [3.05, 3.63) is 82.6 Å². The van der Waals surface area contributed by atoms with Crippen LogP contribution in [-0.4, -0.2) is 36.2 Å². The largest absolute Gasteiger partial charge is 0.488 e. The van der Waals surface area contributed by atoms with E-state index in [-0.39, 0.29) is 23.7 Å². The number of para-hydroxylation sites is 1. The lowest BCUT2D eigenvalue weighted by molar-refractivity contribution is -0.136. The van der Waals surface area contributed by atoms with Gasteiger partial charge in [-0.25, -0.2) is 4.39 Å². The van der Waals surface area contributed by atoms with Crippen molar-refractivity contribution in [2.24, 2.45) is 0 Å². The van der Waals surface area contributed by atoms with Crippen LogP contribution in [0.4, 0.5) is 10.1 Å². The maximum atomic E-state index is 15.5. The molecule has 0 saturated carbocycles. The first kappa shape index (κ1) is 23.7. The number of ether oxygens (including phenoxy) is 1. The van der Waals surface area contributed by atoms with Crippen LogP contribution in [0.25, 0.3) is 11.1 Å². The molecule has 176 valence electrons. The molecular formula is C26H24ClFN2O4. The number of piperidine rings is 1. The van der Waals surface area contributed by atoms with Crippen molar-refractivity contribution in [1.29, 1.82) is 0 Å². The maximum absolute atomic E-state index is 15.5. The van der Waals surface area contributed by atoms with Crippen LogP contribution in [0.5, 0.6) is 5.75 Å². The number of halogens is 2. The van der Waals surface area contributed by atoms with Gasteiger partial charge in [-0.2, -0.15) is 0 Å². The van der Waals surface area contributed by atoms with Crippen LogP contribution >= 0.6 is 11.6 Å². The minimum Gasteiger partial charge on any atom is -0.488 e. The average Bonchev–Trinajstić information content (AvgIpc) is 2.82. The number of rotatable bonds is 7. The molecule has 34 heavy (non-hydrogen) atoms. The van der Waals surface area contributed by atoms with Gasteiger partial charge in [0.15, 0.2) is 0 Å². The van der Waals surface area contributed by atoms with E-state index in [2.05, 4.69) is 10.6 Å². The number of benzene rings is 3. The second kappa shape index (κ2) is 10.7. The van der Waals surface area contributed by atoms with E-state index >= 15 is 4.39 Å². The first-order valence-corrected chi connectivity index (χ1v) is 11.4. The van der Waals surface area contributed by atoms with Crippen LogP contribution < -0.4 is 15.4 Å². The van der Waals surface area contributed by atoms with Crippen molar-refractivity contribution in [2.75, 3.05) is 18.4 Å². The molecule has 3 aromatic carbocycles. The normalized spacial score (nSPS) is 15.5. The first-order chi connectivity index (χ1) is 16.4. The maximum Gasteiger partial charge on any atom is 0.307 e. The molecule has 3 N–H and O–H groups in total. The fourth-order valence-electron chi connectivity index (χ4n) is 3.94. The standard InChI is InChI=1S/C26H24ClFN2O4/c27-21-11-10-16(13-23(21)34-18-6-4-12-29-15-18)19-7-3-8-20(25(19)28)26(33)30-22-9-2-1-5-17(22)14-24(31)32/h1-3,5,7-11,13,18,29H,4,6,12,14-15H2,(H,30,33)(H,31,32)/t18-/m0/s1. The van der Waals surface area contributed by atoms with Crippen molar-refractivity contribution < 1.29 is 23.8 Å². The molecule has 1 fully saturated rings. The molecule has 1 atom stereocenters. The summed E-state index contributed by atoms with van der Waals surface area (Å²) in [4.78, 5) is 24.0. The van der Waals surface area contributed by atoms with Crippen molar-refractivity contribution in [1.82, 2.24) is 5.32 Å². The topological polar surface area (TPSA) is 87.7 Å². The van der Waals surface area contributed by atoms with Gasteiger partial charge >= 0.3 is 5.97 Å². The summed E-state index contributed by atoms with van der Waals surface area (Å²) in [5, 5.41) is 15.4. The van der Waals surface area contributed by atoms with Crippen LogP contribution in [0.2, 0.25) is 5.02 Å². The Morgan fingerprint density at radius 3 is 2.74 bits per heavy atom. The van der Waals surface area contributed by atoms with Crippen LogP contribution in [-0.2, 0) is 11.2 Å². The quantitative estimate of drug-likeness (QED) is 0.433. The number of aliphatic carboxylic acids is 1. The third-order valence-corrected chi connectivity index (χ3v) is 5.95. The third kappa shape index (κ3) is 5.55. The van der Waals surface area contributed by atoms with Gasteiger partial charge < -0.3 is 20.5 Å². The second-order valence-electron chi connectivity index (χ2n) is 8.08. The van der Waals surface area contributed by atoms with E-state index in [1.807, 2.05) is 0 Å². The summed E-state index contributed by atoms with van der Waals surface area (Å²) in [6.45, 7) is 1.67. The lowest BCUT2D eigenvalue weighted by Gasteiger charge is -2.24. The zero-order valence-corrected chi connectivity index (χ0v) is 19.1. The molecule has 1 amide bonds. The lowest BCUT2D eigenvalue weighted by Crippen LogP contribution is -2.37. The Hall–Kier alpha value is -3.42. The van der Waals surface area contributed by atoms with Crippen LogP contribution in [0.1, 0.15) is 28.8 Å². The van der Waals surface area contributed by atoms with Crippen molar-refractivity contribution in [2.45, 2.75) is 25.4 Å². The molecule has 4 rings (SSSR count). The Balaban J connectivity index is 1.59. The van der Waals surface area contributed by atoms with E-state index < -0.39 is 17.7 Å². The highest BCUT2D eigenvalue weighted by Crippen LogP contribution is 2.34. The van der Waals surface area contributed by atoms with Gasteiger partial charge in [0.1, 0.15) is 17.7 Å². The molecule has 6 nitrogen and oxygen atoms in total. The first-order valence-electron chi connectivity index (χ1n) is 11.0. The number of anilines is 1. The summed E-state index contributed by atoms with van der Waals surface area (Å²) in [7, 11) is 0. The van der Waals surface area contributed by atoms with Gasteiger partial charge in [-0.3, -0.25) is 9.59 Å². The number of carboxylic acids is 1. The summed E-state index contributed by atoms with van der Waals surface area (Å²) in [5.74, 6) is -1.93. The summed E-state index contributed by atoms with van der Waals surface area (Å²) < 4.78 is 21.5. The predicted octanol–water partition coefficient (Wildman–Crippen LogP) is 5.16. The minimum atomic E-state index is -1.03. The third-order valence-electron chi connectivity index (χ3n) is 5.64. The number of carbonyl (C=O) groups is 2. The summed E-state index contributed by atoms with van der Waals surface area (Å²) in [6.07, 6.45) is 1.63. The molecule has 8 heteroatoms. The van der Waals surface area contributed by atoms with Gasteiger partial charge in [0.2, 0.25) is 0 Å². The van der Waals surface area contributed by atoms with E-state index in [4.69, 9.17) is 21.4 Å². The fourth-order valence-corrected chi connectivity index (χ4v) is 4.10. The number of amides is 1. The molecule has 1 heterocycles. The Bertz CT molecular complexity index is 1210. The molecule has 0 bridgehead atoms. The zero-order chi connectivity index (χ0) is 24.1. The molecule has 0 aliphatic carbocycles. The van der Waals surface area contributed by atoms with Crippen LogP contribution in [0, 0.1) is 5.82 Å². The monoisotopic (exact) mass is 482 g/mol. The predicted molar refractivity (Wildman–Crippen MR) is 129 cm³/mol. The highest BCUT2D eigenvalue weighted by Gasteiger charge is 2.20. The molecule has 0 spiro atoms. The van der Waals surface area contributed by atoms with E-state index in [9.17, 15) is 9.59 Å². The van der Waals surface area contributed by atoms with Crippen molar-refractivity contribution >= 4 is 29.2 Å². The van der Waals surface area contributed by atoms with Crippen LogP contribution in [0.15, 0.2) is 60.7 Å². The average molecular weight is 483 g/mol. The van der Waals surface area contributed by atoms with Crippen LogP contribution in [0.3, 0.4) is 0 Å². The van der Waals surface area contributed by atoms with E-state index in [0.29, 0.717) is 34.1 Å². The summed E-state index contributed by atoms with van der Waals surface area (Å²) >= 11 is 6.32. The summed E-state index contributed by atoms with van der Waals surface area (Å²) in [5.41, 5.74) is 1.35. The molecule has 3 aromatic rings. The fraction of sp³-hybridized carbons (Fsp3) is 0.231. The Labute approximate surface area is 201 Å². The van der Waals surface area contributed by atoms with Gasteiger partial charge in [-0.15, -0.1) is 0 Å². The highest BCUT2D eigenvalue weighted by molar-refractivity contribution is 6.32. The molecule has 0 aromatic heterocycles. The number of hydrogen-bond acceptors (Lipinski definition) is 4. The molecule has 0 radical (unpaired) electrons. The van der Waals surface area contributed by atoms with E-state index in [1.54, 1.807) is 54.6 Å². The zero-order valence-electron chi connectivity index (χ0n) is 18.3. The number of hydrogen-bond donors (Lipinski definition) is 3. The van der Waals surface area contributed by atoms with E-state index in [1.165, 1.54) is 6.07 Å². The van der Waals surface area contributed by atoms with E-state index in [0.717, 1.165) is 19.4 Å². The molecule has 1 saturated heterocycles. The number of nitrogens with one attached hydrogen (secondary N) is 2. The summed E-state index contributed by atoms with van der Waals surface area (Å²) in [6, 6.07) is 16.1. The molecule has 1 aliphatic heterocycles. The smallest absolute Gasteiger partial charge is 0.307 e. The van der Waals surface area contributed by atoms with Crippen molar-refractivity contribution in [3.63, 3.8) is 0 Å². The SMILES string of the molecule is O=C(O)Cc1ccccc1NC(=O)c1cccc(-c2ccc(Cl)c(O[C@H]3CCCNC3)c2)c1F. The molecule has 1 aliphatic rings. The second-order valence-corrected chi connectivity index (χ2v) is 8.49. The molecular weight excluding hydrogens is 459 g/mol. The van der Waals surface area contributed by atoms with Gasteiger partial charge in [-0.05, 0) is 54.8 Å². The Kier molecular flexibility index (Phi) is 7.45. The number of carbonyl (C=O) groups excluding carboxylic acids is 1. The van der Waals surface area contributed by atoms with Crippen molar-refractivity contribution in [3.8, 4) is 16.9 Å². The van der Waals surface area contributed by atoms with Gasteiger partial charge in [0.05, 0.1) is 17.0 Å². The van der Waals surface area contributed by atoms with Gasteiger partial charge in [0, 0.05) is 17.8 Å². The minimum absolute atomic E-state index is 0.0191. The Morgan fingerprint density at radius 1 is 1.15 bits per heavy atom. The van der Waals surface area contributed by atoms with Gasteiger partial charge in [-0.1, -0.05) is 48.0 Å². The molecule has 0 unspecified atom stereocenters. The highest BCUT2D eigenvalue weighted by atomic mass is 35.5.